The lowest BCUT2D eigenvalue weighted by atomic mass is 9.97. The highest BCUT2D eigenvalue weighted by Gasteiger charge is 2.35. The van der Waals surface area contributed by atoms with Gasteiger partial charge in [0.2, 0.25) is 5.78 Å². The molecule has 202 valence electrons. The molecule has 11 nitrogen and oxygen atoms in total. The van der Waals surface area contributed by atoms with Crippen molar-refractivity contribution in [3.05, 3.63) is 68.6 Å². The van der Waals surface area contributed by atoms with Crippen LogP contribution in [0, 0.1) is 19.8 Å². The van der Waals surface area contributed by atoms with E-state index in [-0.39, 0.29) is 24.5 Å². The number of nitrogens with two attached hydrogens (primary N) is 1. The second kappa shape index (κ2) is 10.8. The van der Waals surface area contributed by atoms with Crippen molar-refractivity contribution in [1.82, 2.24) is 15.0 Å². The molecule has 2 aliphatic rings. The van der Waals surface area contributed by atoms with E-state index in [0.29, 0.717) is 35.7 Å². The summed E-state index contributed by atoms with van der Waals surface area (Å²) in [6, 6.07) is 5.70. The van der Waals surface area contributed by atoms with Crippen molar-refractivity contribution in [2.24, 2.45) is 11.1 Å². The molecule has 3 aromatic heterocycles. The molecule has 5 rings (SSSR count). The molecule has 1 fully saturated rings. The minimum Gasteiger partial charge on any atom is -0.393 e. The summed E-state index contributed by atoms with van der Waals surface area (Å²) in [5.41, 5.74) is 4.18. The highest BCUT2D eigenvalue weighted by molar-refractivity contribution is 7.84. The largest absolute Gasteiger partial charge is 0.393 e. The summed E-state index contributed by atoms with van der Waals surface area (Å²) in [4.78, 5) is 28.2. The van der Waals surface area contributed by atoms with Gasteiger partial charge in [-0.2, -0.15) is 8.42 Å². The maximum absolute atomic E-state index is 13.6. The first-order valence-corrected chi connectivity index (χ1v) is 14.5. The molecule has 0 radical (unpaired) electrons. The predicted octanol–water partition coefficient (Wildman–Crippen LogP) is 2.21. The number of rotatable bonds is 8. The average molecular weight is 560 g/mol. The van der Waals surface area contributed by atoms with Gasteiger partial charge in [0.25, 0.3) is 0 Å². The van der Waals surface area contributed by atoms with E-state index in [0.717, 1.165) is 33.8 Å². The van der Waals surface area contributed by atoms with Gasteiger partial charge in [-0.05, 0) is 50.8 Å². The lowest BCUT2D eigenvalue weighted by Gasteiger charge is -2.25. The normalized spacial score (nSPS) is 23.3. The first-order chi connectivity index (χ1) is 18.1. The van der Waals surface area contributed by atoms with Crippen LogP contribution in [0.25, 0.3) is 0 Å². The number of fused-ring (bicyclic) bond motifs is 1. The van der Waals surface area contributed by atoms with Crippen molar-refractivity contribution in [3.63, 3.8) is 0 Å². The smallest absolute Gasteiger partial charge is 0.333 e. The zero-order chi connectivity index (χ0) is 27.0. The van der Waals surface area contributed by atoms with Crippen molar-refractivity contribution >= 4 is 33.2 Å². The van der Waals surface area contributed by atoms with Crippen LogP contribution in [-0.4, -0.2) is 59.6 Å². The number of thiophene rings is 1. The fourth-order valence-corrected chi connectivity index (χ4v) is 6.40. The van der Waals surface area contributed by atoms with Crippen LogP contribution in [0.5, 0.6) is 0 Å². The second-order valence-electron chi connectivity index (χ2n) is 9.65. The fourth-order valence-electron chi connectivity index (χ4n) is 5.03. The van der Waals surface area contributed by atoms with Crippen LogP contribution in [0.15, 0.2) is 30.7 Å². The zero-order valence-corrected chi connectivity index (χ0v) is 22.6. The Hall–Kier alpha value is -2.81. The molecule has 1 aliphatic heterocycles. The van der Waals surface area contributed by atoms with Crippen LogP contribution in [0.3, 0.4) is 0 Å². The van der Waals surface area contributed by atoms with Crippen LogP contribution >= 0.6 is 11.3 Å². The van der Waals surface area contributed by atoms with Crippen LogP contribution < -0.4 is 10.5 Å². The third kappa shape index (κ3) is 5.77. The Bertz CT molecular complexity index is 1460. The third-order valence-corrected chi connectivity index (χ3v) is 8.45. The van der Waals surface area contributed by atoms with Crippen molar-refractivity contribution < 1.29 is 27.2 Å². The van der Waals surface area contributed by atoms with Crippen LogP contribution in [0.1, 0.15) is 61.6 Å². The third-order valence-electron chi connectivity index (χ3n) is 6.92. The highest BCUT2D eigenvalue weighted by atomic mass is 32.2. The number of hydrogen-bond donors (Lipinski definition) is 3. The molecule has 1 aliphatic carbocycles. The van der Waals surface area contributed by atoms with Crippen molar-refractivity contribution in [2.45, 2.75) is 51.4 Å². The molecule has 3 aromatic rings. The van der Waals surface area contributed by atoms with Gasteiger partial charge in [0.05, 0.1) is 35.5 Å². The molecule has 0 spiro atoms. The number of aromatic nitrogens is 3. The van der Waals surface area contributed by atoms with Gasteiger partial charge in [-0.3, -0.25) is 14.0 Å². The number of ketones is 1. The Morgan fingerprint density at radius 3 is 2.92 bits per heavy atom. The number of carbonyl (C=O) groups is 1. The average Bonchev–Trinajstić information content (AvgIpc) is 3.43. The Balaban J connectivity index is 1.35. The number of hydrogen-bond acceptors (Lipinski definition) is 11. The van der Waals surface area contributed by atoms with Crippen molar-refractivity contribution in [1.29, 1.82) is 0 Å². The number of ether oxygens (including phenoxy) is 1. The first kappa shape index (κ1) is 26.8. The SMILES string of the molecule is Cc1ccc2c(n1)[C@H](c1cc(C(=O)c3cncnc3N[C@@H]3C[C@H](COS(N)(=O)=O)[C@@H](O)C3)sc1C)OCC2. The molecule has 4 atom stereocenters. The molecule has 0 amide bonds. The molecule has 4 N–H and O–H groups in total. The van der Waals surface area contributed by atoms with E-state index in [2.05, 4.69) is 25.5 Å². The summed E-state index contributed by atoms with van der Waals surface area (Å²) in [7, 11) is -4.10. The van der Waals surface area contributed by atoms with Gasteiger partial charge in [-0.1, -0.05) is 6.07 Å². The van der Waals surface area contributed by atoms with E-state index in [4.69, 9.17) is 14.9 Å². The van der Waals surface area contributed by atoms with Gasteiger partial charge in [0.1, 0.15) is 18.2 Å². The number of aliphatic hydroxyl groups is 1. The first-order valence-electron chi connectivity index (χ1n) is 12.2. The van der Waals surface area contributed by atoms with Gasteiger partial charge >= 0.3 is 10.3 Å². The number of aryl methyl sites for hydroxylation is 2. The van der Waals surface area contributed by atoms with E-state index in [1.54, 1.807) is 0 Å². The molecule has 13 heteroatoms. The van der Waals surface area contributed by atoms with E-state index in [1.165, 1.54) is 23.9 Å². The summed E-state index contributed by atoms with van der Waals surface area (Å²) in [5.74, 6) is -0.308. The molecule has 38 heavy (non-hydrogen) atoms. The Morgan fingerprint density at radius 1 is 1.32 bits per heavy atom. The Morgan fingerprint density at radius 2 is 2.13 bits per heavy atom. The van der Waals surface area contributed by atoms with Crippen LogP contribution in [0.4, 0.5) is 5.82 Å². The number of aliphatic hydroxyl groups excluding tert-OH is 1. The molecule has 0 unspecified atom stereocenters. The summed E-state index contributed by atoms with van der Waals surface area (Å²) < 4.78 is 33.0. The number of nitrogens with one attached hydrogen (secondary N) is 1. The minimum atomic E-state index is -4.10. The summed E-state index contributed by atoms with van der Waals surface area (Å²) in [6.45, 7) is 4.28. The van der Waals surface area contributed by atoms with Gasteiger partial charge in [-0.25, -0.2) is 15.1 Å². The van der Waals surface area contributed by atoms with E-state index in [1.807, 2.05) is 26.0 Å². The monoisotopic (exact) mass is 559 g/mol. The molecule has 0 saturated heterocycles. The van der Waals surface area contributed by atoms with Crippen LogP contribution in [0.2, 0.25) is 0 Å². The van der Waals surface area contributed by atoms with Gasteiger partial charge in [0.15, 0.2) is 0 Å². The lowest BCUT2D eigenvalue weighted by Crippen LogP contribution is -2.24. The summed E-state index contributed by atoms with van der Waals surface area (Å²) >= 11 is 1.39. The van der Waals surface area contributed by atoms with E-state index < -0.39 is 22.3 Å². The molecule has 1 saturated carbocycles. The maximum Gasteiger partial charge on any atom is 0.333 e. The highest BCUT2D eigenvalue weighted by Crippen LogP contribution is 2.38. The summed E-state index contributed by atoms with van der Waals surface area (Å²) in [6.07, 6.45) is 3.25. The predicted molar refractivity (Wildman–Crippen MR) is 140 cm³/mol. The fraction of sp³-hybridized carbons (Fsp3) is 0.440. The van der Waals surface area contributed by atoms with E-state index in [9.17, 15) is 18.3 Å². The second-order valence-corrected chi connectivity index (χ2v) is 12.1. The Labute approximate surface area is 224 Å². The topological polar surface area (TPSA) is 167 Å². The quantitative estimate of drug-likeness (QED) is 0.348. The molecule has 0 aromatic carbocycles. The molecule has 4 heterocycles. The number of pyridine rings is 1. The van der Waals surface area contributed by atoms with Crippen molar-refractivity contribution in [3.8, 4) is 0 Å². The maximum atomic E-state index is 13.6. The number of anilines is 1. The number of nitrogens with zero attached hydrogens (tertiary/aromatic N) is 3. The zero-order valence-electron chi connectivity index (χ0n) is 21.0. The Kier molecular flexibility index (Phi) is 7.58. The molecular formula is C25H29N5O6S2. The van der Waals surface area contributed by atoms with Gasteiger partial charge in [0, 0.05) is 34.3 Å². The molecular weight excluding hydrogens is 530 g/mol. The number of carbonyl (C=O) groups excluding carboxylic acids is 1. The standard InChI is InChI=1S/C25H29N5O6S2/c1-13-3-4-15-5-6-35-24(22(15)29-13)18-9-21(37-14(18)2)23(32)19-10-27-12-28-25(19)30-17-7-16(20(31)8-17)11-36-38(26,33)34/h3-4,9-10,12,16-17,20,24,31H,5-8,11H2,1-2H3,(H2,26,33,34)(H,27,28,30)/t16-,17-,20+,24+/m1/s1. The van der Waals surface area contributed by atoms with Crippen LogP contribution in [-0.2, 0) is 25.6 Å². The van der Waals surface area contributed by atoms with Gasteiger partial charge < -0.3 is 15.2 Å². The van der Waals surface area contributed by atoms with E-state index >= 15 is 0 Å². The van der Waals surface area contributed by atoms with Gasteiger partial charge in [-0.15, -0.1) is 11.3 Å². The summed E-state index contributed by atoms with van der Waals surface area (Å²) in [5, 5.41) is 18.5. The van der Waals surface area contributed by atoms with Crippen molar-refractivity contribution in [2.75, 3.05) is 18.5 Å². The minimum absolute atomic E-state index is 0.217. The molecule has 0 bridgehead atoms. The lowest BCUT2D eigenvalue weighted by molar-refractivity contribution is 0.0662.